The normalized spacial score (nSPS) is 16.4. The second kappa shape index (κ2) is 7.49. The smallest absolute Gasteiger partial charge is 0.265 e. The number of nitrogens with zero attached hydrogens (tertiary/aromatic N) is 2. The van der Waals surface area contributed by atoms with Crippen molar-refractivity contribution in [1.29, 1.82) is 5.26 Å². The van der Waals surface area contributed by atoms with E-state index in [4.69, 9.17) is 0 Å². The predicted octanol–water partition coefficient (Wildman–Crippen LogP) is 2.44. The SMILES string of the molecule is CC1CCN(C(=O)/C(C#N)=C\NCc2ccccc2)CC1. The van der Waals surface area contributed by atoms with Crippen LogP contribution in [0.4, 0.5) is 0 Å². The van der Waals surface area contributed by atoms with E-state index in [-0.39, 0.29) is 11.5 Å². The number of nitrogens with one attached hydrogen (secondary N) is 1. The lowest BCUT2D eigenvalue weighted by Crippen LogP contribution is -2.38. The van der Waals surface area contributed by atoms with Crippen LogP contribution in [0.3, 0.4) is 0 Å². The van der Waals surface area contributed by atoms with Crippen LogP contribution in [0.2, 0.25) is 0 Å². The number of piperidine rings is 1. The van der Waals surface area contributed by atoms with Crippen LogP contribution in [0.5, 0.6) is 0 Å². The van der Waals surface area contributed by atoms with E-state index in [0.717, 1.165) is 31.5 Å². The number of benzene rings is 1. The van der Waals surface area contributed by atoms with Crippen molar-refractivity contribution in [2.75, 3.05) is 13.1 Å². The molecule has 21 heavy (non-hydrogen) atoms. The molecule has 0 spiro atoms. The van der Waals surface area contributed by atoms with Gasteiger partial charge < -0.3 is 10.2 Å². The van der Waals surface area contributed by atoms with Crippen molar-refractivity contribution in [1.82, 2.24) is 10.2 Å². The minimum Gasteiger partial charge on any atom is -0.386 e. The highest BCUT2D eigenvalue weighted by molar-refractivity contribution is 5.97. The van der Waals surface area contributed by atoms with E-state index >= 15 is 0 Å². The molecule has 4 nitrogen and oxygen atoms in total. The second-order valence-corrected chi connectivity index (χ2v) is 5.51. The van der Waals surface area contributed by atoms with E-state index in [1.54, 1.807) is 4.90 Å². The molecule has 1 aromatic carbocycles. The fourth-order valence-electron chi connectivity index (χ4n) is 2.39. The lowest BCUT2D eigenvalue weighted by molar-refractivity contribution is -0.128. The van der Waals surface area contributed by atoms with Gasteiger partial charge in [0.1, 0.15) is 11.6 Å². The zero-order valence-electron chi connectivity index (χ0n) is 12.4. The van der Waals surface area contributed by atoms with Crippen molar-refractivity contribution in [2.24, 2.45) is 5.92 Å². The van der Waals surface area contributed by atoms with E-state index < -0.39 is 0 Å². The average molecular weight is 283 g/mol. The maximum absolute atomic E-state index is 12.3. The standard InChI is InChI=1S/C17H21N3O/c1-14-7-9-20(10-8-14)17(21)16(11-18)13-19-12-15-5-3-2-4-6-15/h2-6,13-14,19H,7-10,12H2,1H3/b16-13-. The van der Waals surface area contributed by atoms with Crippen molar-refractivity contribution in [3.63, 3.8) is 0 Å². The Kier molecular flexibility index (Phi) is 5.39. The first kappa shape index (κ1) is 15.1. The van der Waals surface area contributed by atoms with E-state index in [1.807, 2.05) is 36.4 Å². The van der Waals surface area contributed by atoms with Crippen LogP contribution in [-0.2, 0) is 11.3 Å². The zero-order valence-corrected chi connectivity index (χ0v) is 12.4. The van der Waals surface area contributed by atoms with Crippen LogP contribution in [0, 0.1) is 17.2 Å². The zero-order chi connectivity index (χ0) is 15.1. The van der Waals surface area contributed by atoms with Gasteiger partial charge in [-0.25, -0.2) is 0 Å². The first-order valence-corrected chi connectivity index (χ1v) is 7.37. The number of carbonyl (C=O) groups is 1. The van der Waals surface area contributed by atoms with Gasteiger partial charge in [0.2, 0.25) is 0 Å². The van der Waals surface area contributed by atoms with Gasteiger partial charge in [0, 0.05) is 25.8 Å². The number of hydrogen-bond donors (Lipinski definition) is 1. The van der Waals surface area contributed by atoms with E-state index in [1.165, 1.54) is 6.20 Å². The van der Waals surface area contributed by atoms with Crippen LogP contribution < -0.4 is 5.32 Å². The number of hydrogen-bond acceptors (Lipinski definition) is 3. The molecule has 1 aliphatic heterocycles. The first-order valence-electron chi connectivity index (χ1n) is 7.37. The summed E-state index contributed by atoms with van der Waals surface area (Å²) < 4.78 is 0. The molecule has 1 heterocycles. The van der Waals surface area contributed by atoms with Gasteiger partial charge >= 0.3 is 0 Å². The Labute approximate surface area is 126 Å². The largest absolute Gasteiger partial charge is 0.386 e. The summed E-state index contributed by atoms with van der Waals surface area (Å²) in [7, 11) is 0. The Hall–Kier alpha value is -2.28. The molecule has 1 aromatic rings. The van der Waals surface area contributed by atoms with Crippen LogP contribution in [0.1, 0.15) is 25.3 Å². The summed E-state index contributed by atoms with van der Waals surface area (Å²) in [5.41, 5.74) is 1.30. The lowest BCUT2D eigenvalue weighted by atomic mass is 9.99. The molecule has 1 N–H and O–H groups in total. The molecule has 1 aliphatic rings. The van der Waals surface area contributed by atoms with Gasteiger partial charge in [-0.15, -0.1) is 0 Å². The van der Waals surface area contributed by atoms with E-state index in [0.29, 0.717) is 12.5 Å². The molecule has 0 radical (unpaired) electrons. The Morgan fingerprint density at radius 2 is 2.05 bits per heavy atom. The topological polar surface area (TPSA) is 56.1 Å². The Balaban J connectivity index is 1.91. The fraction of sp³-hybridized carbons (Fsp3) is 0.412. The monoisotopic (exact) mass is 283 g/mol. The van der Waals surface area contributed by atoms with Gasteiger partial charge in [-0.1, -0.05) is 37.3 Å². The Morgan fingerprint density at radius 1 is 1.38 bits per heavy atom. The van der Waals surface area contributed by atoms with E-state index in [2.05, 4.69) is 12.2 Å². The molecule has 1 saturated heterocycles. The maximum atomic E-state index is 12.3. The minimum atomic E-state index is -0.162. The second-order valence-electron chi connectivity index (χ2n) is 5.51. The highest BCUT2D eigenvalue weighted by atomic mass is 16.2. The molecule has 0 bridgehead atoms. The number of rotatable bonds is 4. The van der Waals surface area contributed by atoms with Crippen LogP contribution in [-0.4, -0.2) is 23.9 Å². The fourth-order valence-corrected chi connectivity index (χ4v) is 2.39. The summed E-state index contributed by atoms with van der Waals surface area (Å²) >= 11 is 0. The van der Waals surface area contributed by atoms with Gasteiger partial charge in [0.25, 0.3) is 5.91 Å². The highest BCUT2D eigenvalue weighted by Gasteiger charge is 2.22. The van der Waals surface area contributed by atoms with Gasteiger partial charge in [-0.05, 0) is 24.3 Å². The minimum absolute atomic E-state index is 0.162. The van der Waals surface area contributed by atoms with Crippen LogP contribution >= 0.6 is 0 Å². The third-order valence-corrected chi connectivity index (χ3v) is 3.82. The Bertz CT molecular complexity index is 537. The lowest BCUT2D eigenvalue weighted by Gasteiger charge is -2.30. The van der Waals surface area contributed by atoms with Gasteiger partial charge in [0.15, 0.2) is 0 Å². The summed E-state index contributed by atoms with van der Waals surface area (Å²) in [5, 5.41) is 12.2. The maximum Gasteiger partial charge on any atom is 0.265 e. The number of nitriles is 1. The summed E-state index contributed by atoms with van der Waals surface area (Å²) in [5.74, 6) is 0.504. The number of carbonyl (C=O) groups excluding carboxylic acids is 1. The van der Waals surface area contributed by atoms with Gasteiger partial charge in [0.05, 0.1) is 0 Å². The molecule has 0 aromatic heterocycles. The molecule has 1 fully saturated rings. The molecule has 0 aliphatic carbocycles. The summed E-state index contributed by atoms with van der Waals surface area (Å²) in [6.45, 7) is 4.30. The number of amides is 1. The van der Waals surface area contributed by atoms with Crippen LogP contribution in [0.15, 0.2) is 42.1 Å². The molecule has 4 heteroatoms. The third-order valence-electron chi connectivity index (χ3n) is 3.82. The van der Waals surface area contributed by atoms with Gasteiger partial charge in [-0.3, -0.25) is 4.79 Å². The average Bonchev–Trinajstić information content (AvgIpc) is 2.53. The molecular weight excluding hydrogens is 262 g/mol. The summed E-state index contributed by atoms with van der Waals surface area (Å²) in [6, 6.07) is 11.9. The molecule has 110 valence electrons. The van der Waals surface area contributed by atoms with Crippen molar-refractivity contribution < 1.29 is 4.79 Å². The molecular formula is C17H21N3O. The molecule has 0 saturated carbocycles. The third kappa shape index (κ3) is 4.35. The van der Waals surface area contributed by atoms with Crippen LogP contribution in [0.25, 0.3) is 0 Å². The van der Waals surface area contributed by atoms with Crippen molar-refractivity contribution >= 4 is 5.91 Å². The Morgan fingerprint density at radius 3 is 2.67 bits per heavy atom. The predicted molar refractivity (Wildman–Crippen MR) is 82.0 cm³/mol. The van der Waals surface area contributed by atoms with Crippen molar-refractivity contribution in [3.05, 3.63) is 47.7 Å². The van der Waals surface area contributed by atoms with Gasteiger partial charge in [-0.2, -0.15) is 5.26 Å². The molecule has 0 unspecified atom stereocenters. The molecule has 1 amide bonds. The van der Waals surface area contributed by atoms with E-state index in [9.17, 15) is 10.1 Å². The van der Waals surface area contributed by atoms with Crippen molar-refractivity contribution in [2.45, 2.75) is 26.3 Å². The molecule has 2 rings (SSSR count). The number of likely N-dealkylation sites (tertiary alicyclic amines) is 1. The molecule has 0 atom stereocenters. The summed E-state index contributed by atoms with van der Waals surface area (Å²) in [6.07, 6.45) is 3.57. The quantitative estimate of drug-likeness (QED) is 0.682. The highest BCUT2D eigenvalue weighted by Crippen LogP contribution is 2.17. The van der Waals surface area contributed by atoms with Crippen molar-refractivity contribution in [3.8, 4) is 6.07 Å². The summed E-state index contributed by atoms with van der Waals surface area (Å²) in [4.78, 5) is 14.1. The first-order chi connectivity index (χ1) is 10.2.